The molecule has 148 valence electrons. The van der Waals surface area contributed by atoms with Crippen molar-refractivity contribution in [3.63, 3.8) is 0 Å². The van der Waals surface area contributed by atoms with Gasteiger partial charge in [-0.05, 0) is 30.3 Å². The minimum absolute atomic E-state index is 0.410. The highest BCUT2D eigenvalue weighted by atomic mass is 35.5. The van der Waals surface area contributed by atoms with E-state index in [9.17, 15) is 0 Å². The van der Waals surface area contributed by atoms with Gasteiger partial charge in [0.2, 0.25) is 0 Å². The molecule has 0 amide bonds. The molecule has 28 heavy (non-hydrogen) atoms. The van der Waals surface area contributed by atoms with Gasteiger partial charge in [0.15, 0.2) is 11.5 Å². The van der Waals surface area contributed by atoms with Gasteiger partial charge in [-0.15, -0.1) is 0 Å². The molecule has 3 rings (SSSR count). The fraction of sp³-hybridized carbons (Fsp3) is 0.286. The summed E-state index contributed by atoms with van der Waals surface area (Å²) in [6.07, 6.45) is 0. The van der Waals surface area contributed by atoms with Gasteiger partial charge in [0.1, 0.15) is 12.4 Å². The zero-order valence-electron chi connectivity index (χ0n) is 15.9. The molecule has 0 saturated heterocycles. The summed E-state index contributed by atoms with van der Waals surface area (Å²) in [6, 6.07) is 15.2. The molecule has 0 spiro atoms. The van der Waals surface area contributed by atoms with Gasteiger partial charge in [-0.2, -0.15) is 0 Å². The SMILES string of the molecule is COCCOCCOc1cc(Nc2ccc3cccc(Cl)c3n2)ccc1OC. The lowest BCUT2D eigenvalue weighted by Crippen LogP contribution is -2.10. The third-order valence-electron chi connectivity index (χ3n) is 4.02. The van der Waals surface area contributed by atoms with Crippen molar-refractivity contribution in [2.24, 2.45) is 0 Å². The summed E-state index contributed by atoms with van der Waals surface area (Å²) in [5, 5.41) is 4.89. The van der Waals surface area contributed by atoms with Crippen LogP contribution in [-0.2, 0) is 9.47 Å². The minimum Gasteiger partial charge on any atom is -0.493 e. The van der Waals surface area contributed by atoms with Crippen LogP contribution >= 0.6 is 11.6 Å². The van der Waals surface area contributed by atoms with Crippen molar-refractivity contribution in [3.05, 3.63) is 53.6 Å². The standard InChI is InChI=1S/C21H23ClN2O4/c1-25-10-11-27-12-13-28-19-14-16(7-8-18(19)26-2)23-20-9-6-15-4-3-5-17(22)21(15)24-20/h3-9,14H,10-13H2,1-2H3,(H,23,24). The lowest BCUT2D eigenvalue weighted by atomic mass is 10.2. The quantitative estimate of drug-likeness (QED) is 0.497. The van der Waals surface area contributed by atoms with E-state index < -0.39 is 0 Å². The number of nitrogens with one attached hydrogen (secondary N) is 1. The Morgan fingerprint density at radius 2 is 1.79 bits per heavy atom. The first-order valence-corrected chi connectivity index (χ1v) is 9.29. The van der Waals surface area contributed by atoms with E-state index in [0.29, 0.717) is 48.8 Å². The third-order valence-corrected chi connectivity index (χ3v) is 4.33. The fourth-order valence-electron chi connectivity index (χ4n) is 2.65. The number of rotatable bonds is 10. The molecule has 0 radical (unpaired) electrons. The summed E-state index contributed by atoms with van der Waals surface area (Å²) in [5.41, 5.74) is 1.59. The molecule has 0 saturated carbocycles. The first-order chi connectivity index (χ1) is 13.7. The predicted octanol–water partition coefficient (Wildman–Crippen LogP) is 4.68. The third kappa shape index (κ3) is 5.25. The molecular formula is C21H23ClN2O4. The number of methoxy groups -OCH3 is 2. The van der Waals surface area contributed by atoms with E-state index in [1.165, 1.54) is 0 Å². The van der Waals surface area contributed by atoms with Crippen LogP contribution in [0, 0.1) is 0 Å². The second-order valence-electron chi connectivity index (χ2n) is 5.95. The Balaban J connectivity index is 1.69. The van der Waals surface area contributed by atoms with Crippen LogP contribution in [-0.4, -0.2) is 45.6 Å². The number of hydrogen-bond donors (Lipinski definition) is 1. The van der Waals surface area contributed by atoms with Crippen molar-refractivity contribution >= 4 is 34.0 Å². The lowest BCUT2D eigenvalue weighted by molar-refractivity contribution is 0.0540. The maximum atomic E-state index is 6.25. The summed E-state index contributed by atoms with van der Waals surface area (Å²) in [4.78, 5) is 4.60. The van der Waals surface area contributed by atoms with E-state index in [0.717, 1.165) is 16.6 Å². The second kappa shape index (κ2) is 10.1. The van der Waals surface area contributed by atoms with Gasteiger partial charge in [0, 0.05) is 24.2 Å². The fourth-order valence-corrected chi connectivity index (χ4v) is 2.87. The number of nitrogens with zero attached hydrogens (tertiary/aromatic N) is 1. The molecule has 0 fully saturated rings. The number of hydrogen-bond acceptors (Lipinski definition) is 6. The summed E-state index contributed by atoms with van der Waals surface area (Å²) < 4.78 is 21.5. The lowest BCUT2D eigenvalue weighted by Gasteiger charge is -2.13. The molecule has 0 aliphatic carbocycles. The van der Waals surface area contributed by atoms with Crippen molar-refractivity contribution < 1.29 is 18.9 Å². The molecule has 1 aromatic heterocycles. The number of benzene rings is 2. The highest BCUT2D eigenvalue weighted by Crippen LogP contribution is 2.32. The number of aromatic nitrogens is 1. The van der Waals surface area contributed by atoms with E-state index >= 15 is 0 Å². The Morgan fingerprint density at radius 3 is 2.61 bits per heavy atom. The highest BCUT2D eigenvalue weighted by molar-refractivity contribution is 6.35. The van der Waals surface area contributed by atoms with Crippen molar-refractivity contribution in [2.45, 2.75) is 0 Å². The molecule has 0 bridgehead atoms. The van der Waals surface area contributed by atoms with Gasteiger partial charge in [0.25, 0.3) is 0 Å². The zero-order valence-corrected chi connectivity index (χ0v) is 16.7. The van der Waals surface area contributed by atoms with Crippen LogP contribution in [0.4, 0.5) is 11.5 Å². The normalized spacial score (nSPS) is 10.8. The van der Waals surface area contributed by atoms with Crippen molar-refractivity contribution in [3.8, 4) is 11.5 Å². The number of pyridine rings is 1. The smallest absolute Gasteiger partial charge is 0.163 e. The second-order valence-corrected chi connectivity index (χ2v) is 6.36. The molecule has 2 aromatic carbocycles. The molecule has 0 aliphatic heterocycles. The summed E-state index contributed by atoms with van der Waals surface area (Å²) in [6.45, 7) is 1.97. The first kappa shape index (κ1) is 20.2. The topological polar surface area (TPSA) is 61.8 Å². The molecule has 0 aliphatic rings. The highest BCUT2D eigenvalue weighted by Gasteiger charge is 2.08. The van der Waals surface area contributed by atoms with Crippen LogP contribution < -0.4 is 14.8 Å². The van der Waals surface area contributed by atoms with Gasteiger partial charge in [-0.25, -0.2) is 4.98 Å². The number of halogens is 1. The molecular weight excluding hydrogens is 380 g/mol. The van der Waals surface area contributed by atoms with E-state index in [2.05, 4.69) is 10.3 Å². The van der Waals surface area contributed by atoms with Crippen LogP contribution in [0.5, 0.6) is 11.5 Å². The average molecular weight is 403 g/mol. The van der Waals surface area contributed by atoms with E-state index in [1.807, 2.05) is 48.5 Å². The summed E-state index contributed by atoms with van der Waals surface area (Å²) in [5.74, 6) is 1.97. The van der Waals surface area contributed by atoms with Crippen molar-refractivity contribution in [1.29, 1.82) is 0 Å². The molecule has 1 heterocycles. The molecule has 0 atom stereocenters. The zero-order chi connectivity index (χ0) is 19.8. The Hall–Kier alpha value is -2.54. The number of anilines is 2. The molecule has 7 heteroatoms. The van der Waals surface area contributed by atoms with E-state index in [1.54, 1.807) is 14.2 Å². The van der Waals surface area contributed by atoms with Crippen molar-refractivity contribution in [1.82, 2.24) is 4.98 Å². The van der Waals surface area contributed by atoms with Gasteiger partial charge < -0.3 is 24.3 Å². The Kier molecular flexibility index (Phi) is 7.31. The molecule has 1 N–H and O–H groups in total. The monoisotopic (exact) mass is 402 g/mol. The Bertz CT molecular complexity index is 920. The minimum atomic E-state index is 0.410. The van der Waals surface area contributed by atoms with Gasteiger partial charge >= 0.3 is 0 Å². The maximum Gasteiger partial charge on any atom is 0.163 e. The van der Waals surface area contributed by atoms with Gasteiger partial charge in [-0.1, -0.05) is 23.7 Å². The van der Waals surface area contributed by atoms with Crippen LogP contribution in [0.3, 0.4) is 0 Å². The summed E-state index contributed by atoms with van der Waals surface area (Å²) >= 11 is 6.25. The van der Waals surface area contributed by atoms with Crippen LogP contribution in [0.25, 0.3) is 10.9 Å². The van der Waals surface area contributed by atoms with E-state index in [-0.39, 0.29) is 0 Å². The van der Waals surface area contributed by atoms with Gasteiger partial charge in [-0.3, -0.25) is 0 Å². The predicted molar refractivity (Wildman–Crippen MR) is 111 cm³/mol. The van der Waals surface area contributed by atoms with Crippen LogP contribution in [0.2, 0.25) is 5.02 Å². The van der Waals surface area contributed by atoms with E-state index in [4.69, 9.17) is 30.5 Å². The largest absolute Gasteiger partial charge is 0.493 e. The molecule has 0 unspecified atom stereocenters. The van der Waals surface area contributed by atoms with Crippen LogP contribution in [0.15, 0.2) is 48.5 Å². The molecule has 6 nitrogen and oxygen atoms in total. The summed E-state index contributed by atoms with van der Waals surface area (Å²) in [7, 11) is 3.25. The average Bonchev–Trinajstić information content (AvgIpc) is 2.71. The van der Waals surface area contributed by atoms with Crippen LogP contribution in [0.1, 0.15) is 0 Å². The van der Waals surface area contributed by atoms with Crippen molar-refractivity contribution in [2.75, 3.05) is 46.0 Å². The maximum absolute atomic E-state index is 6.25. The van der Waals surface area contributed by atoms with Gasteiger partial charge in [0.05, 0.1) is 37.5 Å². The number of ether oxygens (including phenoxy) is 4. The first-order valence-electron chi connectivity index (χ1n) is 8.91. The number of fused-ring (bicyclic) bond motifs is 1. The molecule has 3 aromatic rings. The number of para-hydroxylation sites is 1. The Morgan fingerprint density at radius 1 is 0.929 bits per heavy atom. The Labute approximate surface area is 169 Å².